The highest BCUT2D eigenvalue weighted by molar-refractivity contribution is 5.96. The van der Waals surface area contributed by atoms with E-state index in [0.29, 0.717) is 30.5 Å². The maximum Gasteiger partial charge on any atom is 0.322 e. The summed E-state index contributed by atoms with van der Waals surface area (Å²) in [6.45, 7) is -0.249. The molecule has 62 heavy (non-hydrogen) atoms. The monoisotopic (exact) mass is 855 g/mol. The van der Waals surface area contributed by atoms with E-state index in [1.165, 1.54) is 12.1 Å². The highest BCUT2D eigenvalue weighted by Gasteiger charge is 2.32. The summed E-state index contributed by atoms with van der Waals surface area (Å²) in [5.41, 5.74) is 25.9. The van der Waals surface area contributed by atoms with Gasteiger partial charge in [-0.3, -0.25) is 33.8 Å². The molecule has 19 nitrogen and oxygen atoms in total. The first kappa shape index (κ1) is 47.7. The number of phenolic OH excluding ortho intramolecular Hbond substituents is 1. The number of aliphatic carboxylic acids is 1. The van der Waals surface area contributed by atoms with Crippen LogP contribution in [-0.2, 0) is 48.0 Å². The van der Waals surface area contributed by atoms with Crippen molar-refractivity contribution in [2.45, 2.75) is 81.6 Å². The number of carboxylic acids is 1. The molecule has 4 aromatic rings. The van der Waals surface area contributed by atoms with Gasteiger partial charge in [-0.05, 0) is 80.0 Å². The summed E-state index contributed by atoms with van der Waals surface area (Å²) in [7, 11) is 0. The van der Waals surface area contributed by atoms with Crippen molar-refractivity contribution < 1.29 is 39.0 Å². The number of aromatic amines is 1. The number of H-pyrrole nitrogens is 1. The molecule has 0 aliphatic carbocycles. The van der Waals surface area contributed by atoms with E-state index in [4.69, 9.17) is 28.0 Å². The average molecular weight is 856 g/mol. The van der Waals surface area contributed by atoms with Gasteiger partial charge in [-0.2, -0.15) is 0 Å². The van der Waals surface area contributed by atoms with Gasteiger partial charge < -0.3 is 64.7 Å². The van der Waals surface area contributed by atoms with E-state index in [1.807, 2.05) is 24.3 Å². The zero-order valence-electron chi connectivity index (χ0n) is 34.3. The van der Waals surface area contributed by atoms with Crippen LogP contribution in [0.15, 0.2) is 90.1 Å². The second kappa shape index (κ2) is 24.3. The molecule has 0 unspecified atom stereocenters. The number of fused-ring (bicyclic) bond motifs is 1. The average Bonchev–Trinajstić information content (AvgIpc) is 3.66. The van der Waals surface area contributed by atoms with Gasteiger partial charge in [-0.1, -0.05) is 60.7 Å². The number of nitrogens with one attached hydrogen (secondary N) is 6. The predicted octanol–water partition coefficient (Wildman–Crippen LogP) is -0.449. The molecule has 0 spiro atoms. The molecule has 0 radical (unpaired) electrons. The molecular formula is C43H57N11O8. The Labute approximate surface area is 358 Å². The summed E-state index contributed by atoms with van der Waals surface area (Å²) < 4.78 is 0. The number of carboxylic acid groups (broad SMARTS) is 1. The largest absolute Gasteiger partial charge is 0.508 e. The molecule has 19 heteroatoms. The lowest BCUT2D eigenvalue weighted by Crippen LogP contribution is -2.59. The number of carbonyl (C=O) groups is 6. The summed E-state index contributed by atoms with van der Waals surface area (Å²) in [5, 5.41) is 33.2. The van der Waals surface area contributed by atoms with Gasteiger partial charge in [-0.15, -0.1) is 0 Å². The number of unbranched alkanes of at least 4 members (excludes halogenated alkanes) is 1. The van der Waals surface area contributed by atoms with Gasteiger partial charge in [0, 0.05) is 36.5 Å². The summed E-state index contributed by atoms with van der Waals surface area (Å²) in [6.07, 6.45) is 3.30. The van der Waals surface area contributed by atoms with Crippen molar-refractivity contribution in [2.24, 2.45) is 27.9 Å². The Balaban J connectivity index is 1.58. The summed E-state index contributed by atoms with van der Waals surface area (Å²) in [4.78, 5) is 87.5. The van der Waals surface area contributed by atoms with Crippen LogP contribution in [0.5, 0.6) is 5.75 Å². The second-order valence-electron chi connectivity index (χ2n) is 14.8. The number of aromatic hydroxyl groups is 1. The molecule has 1 heterocycles. The third-order valence-electron chi connectivity index (χ3n) is 9.95. The third kappa shape index (κ3) is 15.6. The van der Waals surface area contributed by atoms with E-state index in [9.17, 15) is 33.9 Å². The van der Waals surface area contributed by atoms with Crippen molar-refractivity contribution in [1.29, 1.82) is 0 Å². The lowest BCUT2D eigenvalue weighted by atomic mass is 10.0. The number of phenols is 1. The van der Waals surface area contributed by atoms with E-state index < -0.39 is 72.3 Å². The Morgan fingerprint density at radius 2 is 1.19 bits per heavy atom. The molecule has 0 fully saturated rings. The molecule has 0 bridgehead atoms. The van der Waals surface area contributed by atoms with Crippen LogP contribution in [0.2, 0.25) is 0 Å². The van der Waals surface area contributed by atoms with Crippen LogP contribution in [0, 0.1) is 0 Å². The standard InChI is InChI=1S/C43H57N11O8/c44-19-7-6-13-34(51-38(58)31(45)23-28-24-49-32-12-5-4-11-30(28)32)40(60)53-35(21-26-9-2-1-3-10-26)42(62)54-36(22-27-15-17-29(55)18-16-27)41(61)52-33(14-8-20-48-43(46)47)39(59)50-25-37(56)57/h1-5,9-12,15-18,24,31,33-36,49,55H,6-8,13-14,19-23,25,44-45H2,(H,50,59)(H,51,58)(H,52,61)(H,53,60)(H,54,62)(H,56,57)(H4,46,47,48)/t31-,33-,34+,35-,36+/m1/s1. The van der Waals surface area contributed by atoms with E-state index in [1.54, 1.807) is 48.7 Å². The number of aliphatic imine (C=N–C) groups is 1. The van der Waals surface area contributed by atoms with Gasteiger partial charge in [0.2, 0.25) is 29.5 Å². The molecule has 332 valence electrons. The zero-order valence-corrected chi connectivity index (χ0v) is 34.3. The lowest BCUT2D eigenvalue weighted by molar-refractivity contribution is -0.138. The minimum absolute atomic E-state index is 0.00322. The van der Waals surface area contributed by atoms with Crippen molar-refractivity contribution in [1.82, 2.24) is 31.6 Å². The van der Waals surface area contributed by atoms with Gasteiger partial charge in [-0.25, -0.2) is 0 Å². The van der Waals surface area contributed by atoms with Crippen molar-refractivity contribution in [2.75, 3.05) is 19.6 Å². The number of rotatable bonds is 25. The summed E-state index contributed by atoms with van der Waals surface area (Å²) in [5.74, 6) is -5.11. The first-order valence-electron chi connectivity index (χ1n) is 20.3. The minimum Gasteiger partial charge on any atom is -0.508 e. The zero-order chi connectivity index (χ0) is 45.0. The van der Waals surface area contributed by atoms with Crippen LogP contribution in [0.25, 0.3) is 10.9 Å². The Morgan fingerprint density at radius 3 is 1.82 bits per heavy atom. The molecular weight excluding hydrogens is 799 g/mol. The molecule has 1 aromatic heterocycles. The highest BCUT2D eigenvalue weighted by atomic mass is 16.4. The number of hydrogen-bond acceptors (Lipinski definition) is 10. The smallest absolute Gasteiger partial charge is 0.322 e. The fraction of sp³-hybridized carbons (Fsp3) is 0.372. The molecule has 0 aliphatic heterocycles. The molecule has 5 amide bonds. The molecule has 0 saturated carbocycles. The number of para-hydroxylation sites is 1. The molecule has 3 aromatic carbocycles. The number of amides is 5. The Morgan fingerprint density at radius 1 is 0.645 bits per heavy atom. The maximum atomic E-state index is 14.4. The molecule has 0 saturated heterocycles. The van der Waals surface area contributed by atoms with Crippen LogP contribution in [0.4, 0.5) is 0 Å². The molecule has 5 atom stereocenters. The Hall–Kier alpha value is -6.99. The third-order valence-corrected chi connectivity index (χ3v) is 9.95. The fourth-order valence-electron chi connectivity index (χ4n) is 6.68. The summed E-state index contributed by atoms with van der Waals surface area (Å²) >= 11 is 0. The van der Waals surface area contributed by atoms with E-state index in [2.05, 4.69) is 36.6 Å². The van der Waals surface area contributed by atoms with Crippen molar-refractivity contribution in [3.63, 3.8) is 0 Å². The highest BCUT2D eigenvalue weighted by Crippen LogP contribution is 2.19. The van der Waals surface area contributed by atoms with Crippen LogP contribution < -0.4 is 49.5 Å². The quantitative estimate of drug-likeness (QED) is 0.0229. The topological polar surface area (TPSA) is 335 Å². The van der Waals surface area contributed by atoms with Crippen LogP contribution in [0.1, 0.15) is 48.8 Å². The number of nitrogens with two attached hydrogens (primary N) is 4. The lowest BCUT2D eigenvalue weighted by Gasteiger charge is -2.27. The minimum atomic E-state index is -1.35. The van der Waals surface area contributed by atoms with Gasteiger partial charge in [0.25, 0.3) is 0 Å². The molecule has 4 rings (SSSR count). The fourth-order valence-corrected chi connectivity index (χ4v) is 6.68. The van der Waals surface area contributed by atoms with Gasteiger partial charge in [0.05, 0.1) is 6.04 Å². The van der Waals surface area contributed by atoms with E-state index in [0.717, 1.165) is 16.5 Å². The van der Waals surface area contributed by atoms with Crippen LogP contribution >= 0.6 is 0 Å². The number of hydrogen-bond donors (Lipinski definition) is 12. The number of benzene rings is 3. The number of guanidine groups is 1. The Bertz CT molecular complexity index is 2140. The second-order valence-corrected chi connectivity index (χ2v) is 14.8. The van der Waals surface area contributed by atoms with Crippen molar-refractivity contribution in [3.8, 4) is 5.75 Å². The molecule has 0 aliphatic rings. The summed E-state index contributed by atoms with van der Waals surface area (Å²) in [6, 6.07) is 16.4. The van der Waals surface area contributed by atoms with Crippen molar-refractivity contribution >= 4 is 52.4 Å². The van der Waals surface area contributed by atoms with Crippen LogP contribution in [-0.4, -0.2) is 107 Å². The predicted molar refractivity (Wildman–Crippen MR) is 233 cm³/mol. The van der Waals surface area contributed by atoms with E-state index >= 15 is 0 Å². The van der Waals surface area contributed by atoms with Crippen molar-refractivity contribution in [3.05, 3.63) is 102 Å². The molecule has 16 N–H and O–H groups in total. The van der Waals surface area contributed by atoms with Gasteiger partial charge in [0.1, 0.15) is 36.5 Å². The van der Waals surface area contributed by atoms with E-state index in [-0.39, 0.29) is 56.8 Å². The SMILES string of the molecule is NCCCC[C@H](NC(=O)[C@H](N)Cc1c[nH]c2ccccc12)C(=O)N[C@H](Cc1ccccc1)C(=O)N[C@@H](Cc1ccc(O)cc1)C(=O)N[C@H](CCCN=C(N)N)C(=O)NCC(=O)O. The first-order valence-corrected chi connectivity index (χ1v) is 20.3. The number of aromatic nitrogens is 1. The number of carbonyl (C=O) groups excluding carboxylic acids is 5. The normalized spacial score (nSPS) is 13.4. The van der Waals surface area contributed by atoms with Gasteiger partial charge in [0.15, 0.2) is 5.96 Å². The van der Waals surface area contributed by atoms with Crippen LogP contribution in [0.3, 0.4) is 0 Å². The first-order chi connectivity index (χ1) is 29.7. The number of nitrogens with zero attached hydrogens (tertiary/aromatic N) is 1. The van der Waals surface area contributed by atoms with Gasteiger partial charge >= 0.3 is 5.97 Å². The maximum absolute atomic E-state index is 14.4. The Kier molecular flexibility index (Phi) is 18.7.